The van der Waals surface area contributed by atoms with Crippen molar-refractivity contribution in [3.05, 3.63) is 59.7 Å². The molecule has 1 saturated heterocycles. The molecule has 172 valence electrons. The number of hydrogen-bond donors (Lipinski definition) is 0. The van der Waals surface area contributed by atoms with Gasteiger partial charge in [0.1, 0.15) is 11.5 Å². The highest BCUT2D eigenvalue weighted by Crippen LogP contribution is 2.39. The SMILES string of the molecule is CC(=O)Oc1ccc2cc1-c1cc(ccc1OC(C)=O)/C=C/CCCN1CN1CCC/C=C/2. The summed E-state index contributed by atoms with van der Waals surface area (Å²) >= 11 is 0. The van der Waals surface area contributed by atoms with Gasteiger partial charge in [0.05, 0.1) is 6.67 Å². The van der Waals surface area contributed by atoms with Crippen LogP contribution in [0.5, 0.6) is 11.5 Å². The second-order valence-corrected chi connectivity index (χ2v) is 8.39. The first kappa shape index (κ1) is 23.0. The lowest BCUT2D eigenvalue weighted by molar-refractivity contribution is -0.132. The van der Waals surface area contributed by atoms with E-state index in [0.29, 0.717) is 22.6 Å². The van der Waals surface area contributed by atoms with E-state index in [9.17, 15) is 9.59 Å². The zero-order valence-electron chi connectivity index (χ0n) is 19.3. The maximum absolute atomic E-state index is 11.8. The summed E-state index contributed by atoms with van der Waals surface area (Å²) in [6, 6.07) is 11.4. The molecule has 1 fully saturated rings. The van der Waals surface area contributed by atoms with Gasteiger partial charge in [-0.25, -0.2) is 10.0 Å². The van der Waals surface area contributed by atoms with Gasteiger partial charge in [-0.05, 0) is 61.1 Å². The molecule has 0 aliphatic carbocycles. The van der Waals surface area contributed by atoms with Gasteiger partial charge in [0.2, 0.25) is 0 Å². The third-order valence-corrected chi connectivity index (χ3v) is 5.64. The third kappa shape index (κ3) is 6.40. The van der Waals surface area contributed by atoms with Crippen LogP contribution < -0.4 is 9.47 Å². The topological polar surface area (TPSA) is 58.6 Å². The summed E-state index contributed by atoms with van der Waals surface area (Å²) in [5, 5.41) is 4.79. The van der Waals surface area contributed by atoms with Crippen molar-refractivity contribution >= 4 is 24.1 Å². The van der Waals surface area contributed by atoms with Crippen molar-refractivity contribution in [1.82, 2.24) is 10.0 Å². The van der Waals surface area contributed by atoms with Crippen LogP contribution >= 0.6 is 0 Å². The monoisotopic (exact) mass is 446 g/mol. The number of benzene rings is 2. The lowest BCUT2D eigenvalue weighted by Gasteiger charge is -2.15. The van der Waals surface area contributed by atoms with Crippen LogP contribution in [-0.2, 0) is 9.59 Å². The molecule has 0 amide bonds. The van der Waals surface area contributed by atoms with Gasteiger partial charge in [-0.15, -0.1) is 0 Å². The Hall–Kier alpha value is -3.22. The number of esters is 2. The maximum Gasteiger partial charge on any atom is 0.308 e. The van der Waals surface area contributed by atoms with Gasteiger partial charge in [-0.3, -0.25) is 9.59 Å². The number of hydrazine groups is 1. The zero-order valence-corrected chi connectivity index (χ0v) is 19.3. The van der Waals surface area contributed by atoms with Gasteiger partial charge in [0.15, 0.2) is 0 Å². The molecule has 33 heavy (non-hydrogen) atoms. The molecule has 0 saturated carbocycles. The lowest BCUT2D eigenvalue weighted by Crippen LogP contribution is -2.09. The number of fused-ring (bicyclic) bond motifs is 6. The Morgan fingerprint density at radius 3 is 1.61 bits per heavy atom. The van der Waals surface area contributed by atoms with Crippen molar-refractivity contribution < 1.29 is 19.1 Å². The molecule has 0 radical (unpaired) electrons. The van der Waals surface area contributed by atoms with E-state index < -0.39 is 11.9 Å². The van der Waals surface area contributed by atoms with Crippen molar-refractivity contribution in [2.75, 3.05) is 19.8 Å². The van der Waals surface area contributed by atoms with E-state index in [1.165, 1.54) is 13.8 Å². The molecule has 0 spiro atoms. The summed E-state index contributed by atoms with van der Waals surface area (Å²) < 4.78 is 11.0. The van der Waals surface area contributed by atoms with E-state index in [-0.39, 0.29) is 0 Å². The Bertz CT molecular complexity index is 1000. The molecule has 4 bridgehead atoms. The van der Waals surface area contributed by atoms with E-state index in [2.05, 4.69) is 34.3 Å². The highest BCUT2D eigenvalue weighted by molar-refractivity contribution is 5.84. The molecule has 2 unspecified atom stereocenters. The molecule has 2 aromatic rings. The average Bonchev–Trinajstić information content (AvgIpc) is 3.52. The second kappa shape index (κ2) is 10.6. The number of rotatable bonds is 2. The predicted molar refractivity (Wildman–Crippen MR) is 129 cm³/mol. The first-order chi connectivity index (χ1) is 16.0. The van der Waals surface area contributed by atoms with E-state index in [4.69, 9.17) is 9.47 Å². The summed E-state index contributed by atoms with van der Waals surface area (Å²) in [7, 11) is 0. The summed E-state index contributed by atoms with van der Waals surface area (Å²) in [4.78, 5) is 23.5. The predicted octanol–water partition coefficient (Wildman–Crippen LogP) is 5.29. The highest BCUT2D eigenvalue weighted by atomic mass is 16.5. The van der Waals surface area contributed by atoms with Crippen LogP contribution in [0.4, 0.5) is 0 Å². The van der Waals surface area contributed by atoms with Gasteiger partial charge in [-0.2, -0.15) is 0 Å². The molecule has 2 aliphatic rings. The fourth-order valence-electron chi connectivity index (χ4n) is 4.02. The molecule has 2 atom stereocenters. The second-order valence-electron chi connectivity index (χ2n) is 8.39. The fourth-order valence-corrected chi connectivity index (χ4v) is 4.02. The normalized spacial score (nSPS) is 22.1. The fraction of sp³-hybridized carbons (Fsp3) is 0.333. The highest BCUT2D eigenvalue weighted by Gasteiger charge is 2.28. The number of ether oxygens (including phenoxy) is 2. The Morgan fingerprint density at radius 1 is 0.727 bits per heavy atom. The Morgan fingerprint density at radius 2 is 1.18 bits per heavy atom. The molecule has 6 heteroatoms. The van der Waals surface area contributed by atoms with Crippen molar-refractivity contribution in [2.45, 2.75) is 39.5 Å². The average molecular weight is 447 g/mol. The molecule has 0 aromatic heterocycles. The molecule has 0 N–H and O–H groups in total. The van der Waals surface area contributed by atoms with Crippen LogP contribution in [-0.4, -0.2) is 41.7 Å². The van der Waals surface area contributed by atoms with Gasteiger partial charge < -0.3 is 9.47 Å². The Balaban J connectivity index is 1.75. The summed E-state index contributed by atoms with van der Waals surface area (Å²) in [6.07, 6.45) is 12.7. The zero-order chi connectivity index (χ0) is 23.2. The molecule has 2 aliphatic heterocycles. The van der Waals surface area contributed by atoms with E-state index in [1.807, 2.05) is 24.3 Å². The van der Waals surface area contributed by atoms with Crippen LogP contribution in [0.25, 0.3) is 23.3 Å². The third-order valence-electron chi connectivity index (χ3n) is 5.64. The largest absolute Gasteiger partial charge is 0.426 e. The molecular weight excluding hydrogens is 416 g/mol. The van der Waals surface area contributed by atoms with Crippen molar-refractivity contribution in [2.24, 2.45) is 0 Å². The van der Waals surface area contributed by atoms with Crippen LogP contribution in [0, 0.1) is 0 Å². The molecule has 2 heterocycles. The number of carbonyl (C=O) groups excluding carboxylic acids is 2. The first-order valence-electron chi connectivity index (χ1n) is 11.5. The minimum Gasteiger partial charge on any atom is -0.426 e. The van der Waals surface area contributed by atoms with Crippen LogP contribution in [0.1, 0.15) is 50.7 Å². The minimum absolute atomic E-state index is 0.400. The first-order valence-corrected chi connectivity index (χ1v) is 11.5. The van der Waals surface area contributed by atoms with Crippen molar-refractivity contribution in [1.29, 1.82) is 0 Å². The molecule has 4 rings (SSSR count). The van der Waals surface area contributed by atoms with Gasteiger partial charge >= 0.3 is 11.9 Å². The molecule has 2 aromatic carbocycles. The summed E-state index contributed by atoms with van der Waals surface area (Å²) in [6.45, 7) is 5.98. The van der Waals surface area contributed by atoms with Crippen molar-refractivity contribution in [3.8, 4) is 22.6 Å². The van der Waals surface area contributed by atoms with E-state index in [0.717, 1.165) is 56.6 Å². The standard InChI is InChI=1S/C27H30N2O4/c1-20(30)32-26-13-11-22-9-5-3-7-15-28-19-29(28)16-8-4-6-10-23-12-14-27(33-21(2)31)25(18-23)24(26)17-22/h5-6,9-14,17-18H,3-4,7-8,15-16,19H2,1-2H3/b9-5+,10-6+. The van der Waals surface area contributed by atoms with Crippen LogP contribution in [0.15, 0.2) is 48.6 Å². The lowest BCUT2D eigenvalue weighted by atomic mass is 9.98. The molecule has 6 nitrogen and oxygen atoms in total. The van der Waals surface area contributed by atoms with Crippen LogP contribution in [0.2, 0.25) is 0 Å². The van der Waals surface area contributed by atoms with Gasteiger partial charge in [-0.1, -0.05) is 36.4 Å². The van der Waals surface area contributed by atoms with E-state index >= 15 is 0 Å². The number of allylic oxidation sites excluding steroid dienone is 2. The number of carbonyl (C=O) groups is 2. The van der Waals surface area contributed by atoms with Crippen LogP contribution in [0.3, 0.4) is 0 Å². The summed E-state index contributed by atoms with van der Waals surface area (Å²) in [5.41, 5.74) is 3.40. The quantitative estimate of drug-likeness (QED) is 0.355. The number of nitrogens with zero attached hydrogens (tertiary/aromatic N) is 2. The number of hydrogen-bond acceptors (Lipinski definition) is 6. The van der Waals surface area contributed by atoms with E-state index in [1.54, 1.807) is 12.1 Å². The van der Waals surface area contributed by atoms with Gasteiger partial charge in [0.25, 0.3) is 0 Å². The minimum atomic E-state index is -0.400. The molecular formula is C27H30N2O4. The smallest absolute Gasteiger partial charge is 0.308 e. The summed E-state index contributed by atoms with van der Waals surface area (Å²) in [5.74, 6) is 0.0711. The van der Waals surface area contributed by atoms with Crippen molar-refractivity contribution in [3.63, 3.8) is 0 Å². The maximum atomic E-state index is 11.8. The Labute approximate surface area is 195 Å². The van der Waals surface area contributed by atoms with Gasteiger partial charge in [0, 0.05) is 38.1 Å². The Kier molecular flexibility index (Phi) is 7.37.